The first kappa shape index (κ1) is 23.8. The van der Waals surface area contributed by atoms with Gasteiger partial charge in [-0.05, 0) is 6.92 Å². The van der Waals surface area contributed by atoms with Gasteiger partial charge in [-0.1, -0.05) is 0 Å². The fraction of sp³-hybridized carbons (Fsp3) is 0.583. The summed E-state index contributed by atoms with van der Waals surface area (Å²) in [7, 11) is 0. The maximum absolute atomic E-state index is 11.4. The Hall–Kier alpha value is -1.49. The van der Waals surface area contributed by atoms with Crippen LogP contribution in [0.25, 0.3) is 0 Å². The molecule has 10 nitrogen and oxygen atoms in total. The minimum Gasteiger partial charge on any atom is -1.00 e. The van der Waals surface area contributed by atoms with Crippen LogP contribution in [-0.4, -0.2) is 57.4 Å². The van der Waals surface area contributed by atoms with E-state index >= 15 is 0 Å². The third-order valence-electron chi connectivity index (χ3n) is 2.35. The summed E-state index contributed by atoms with van der Waals surface area (Å²) in [4.78, 5) is 54.9. The van der Waals surface area contributed by atoms with E-state index in [4.69, 9.17) is 10.2 Å². The molecule has 23 heavy (non-hydrogen) atoms. The van der Waals surface area contributed by atoms with E-state index in [9.17, 15) is 29.1 Å². The summed E-state index contributed by atoms with van der Waals surface area (Å²) in [6, 6.07) is 0. The Kier molecular flexibility index (Phi) is 11.5. The molecule has 0 aliphatic heterocycles. The van der Waals surface area contributed by atoms with Crippen molar-refractivity contribution in [1.82, 2.24) is 0 Å². The Morgan fingerprint density at radius 1 is 0.957 bits per heavy atom. The molecule has 0 rings (SSSR count). The Balaban J connectivity index is -0.00000220. The van der Waals surface area contributed by atoms with Crippen molar-refractivity contribution in [3.8, 4) is 0 Å². The Morgan fingerprint density at radius 2 is 1.48 bits per heavy atom. The number of esters is 3. The second kappa shape index (κ2) is 11.1. The maximum Gasteiger partial charge on any atom is 1.00 e. The Labute approximate surface area is 154 Å². The molecule has 0 bridgehead atoms. The number of rotatable bonds is 9. The second-order valence-corrected chi connectivity index (χ2v) is 4.24. The molecule has 0 spiro atoms. The van der Waals surface area contributed by atoms with Crippen molar-refractivity contribution in [1.29, 1.82) is 0 Å². The summed E-state index contributed by atoms with van der Waals surface area (Å²) in [5.74, 6) is -6.78. The van der Waals surface area contributed by atoms with Gasteiger partial charge in [-0.3, -0.25) is 19.2 Å². The number of carbonyl (C=O) groups is 5. The third-order valence-corrected chi connectivity index (χ3v) is 2.35. The van der Waals surface area contributed by atoms with Crippen LogP contribution in [0, 0.1) is 0 Å². The number of aliphatic hydroxyl groups is 1. The topological polar surface area (TPSA) is 164 Å². The first-order chi connectivity index (χ1) is 10.1. The molecule has 1 atom stereocenters. The largest absolute Gasteiger partial charge is 1.00 e. The zero-order valence-electron chi connectivity index (χ0n) is 13.7. The Morgan fingerprint density at radius 3 is 1.91 bits per heavy atom. The van der Waals surface area contributed by atoms with E-state index in [1.807, 2.05) is 0 Å². The van der Waals surface area contributed by atoms with Gasteiger partial charge in [0.15, 0.2) is 5.60 Å². The van der Waals surface area contributed by atoms with Gasteiger partial charge in [-0.25, -0.2) is 4.79 Å². The average molecular weight is 344 g/mol. The first-order valence-corrected chi connectivity index (χ1v) is 6.17. The van der Waals surface area contributed by atoms with Crippen molar-refractivity contribution in [3.63, 3.8) is 0 Å². The normalized spacial score (nSPS) is 12.3. The van der Waals surface area contributed by atoms with Gasteiger partial charge in [0, 0.05) is 0 Å². The van der Waals surface area contributed by atoms with Gasteiger partial charge in [-0.2, -0.15) is 0 Å². The second-order valence-electron chi connectivity index (χ2n) is 4.24. The number of aliphatic carboxylic acids is 2. The maximum atomic E-state index is 11.4. The molecule has 1 unspecified atom stereocenters. The molecule has 0 heterocycles. The molecule has 0 aliphatic rings. The van der Waals surface area contributed by atoms with E-state index in [0.717, 1.165) is 0 Å². The minimum absolute atomic E-state index is 0. The summed E-state index contributed by atoms with van der Waals surface area (Å²) >= 11 is 0. The summed E-state index contributed by atoms with van der Waals surface area (Å²) in [6.45, 7) is 1.42. The van der Waals surface area contributed by atoms with Crippen LogP contribution in [0.15, 0.2) is 0 Å². The van der Waals surface area contributed by atoms with Gasteiger partial charge in [0.25, 0.3) is 0 Å². The number of hydrogen-bond donors (Lipinski definition) is 3. The number of hydrogen-bond acceptors (Lipinski definition) is 8. The smallest absolute Gasteiger partial charge is 1.00 e. The molecule has 0 aromatic heterocycles. The summed E-state index contributed by atoms with van der Waals surface area (Å²) in [6.07, 6.45) is -3.34. The molecule has 3 N–H and O–H groups in total. The van der Waals surface area contributed by atoms with Crippen LogP contribution in [-0.2, 0) is 33.4 Å². The van der Waals surface area contributed by atoms with Gasteiger partial charge < -0.3 is 26.2 Å². The quantitative estimate of drug-likeness (QED) is 0.214. The number of ether oxygens (including phenoxy) is 2. The van der Waals surface area contributed by atoms with Crippen molar-refractivity contribution in [3.05, 3.63) is 0 Å². The number of carboxylic acids is 2. The van der Waals surface area contributed by atoms with Crippen LogP contribution in [0.4, 0.5) is 0 Å². The number of carbonyl (C=O) groups excluding carboxylic acids is 3. The zero-order valence-corrected chi connectivity index (χ0v) is 14.7. The van der Waals surface area contributed by atoms with Gasteiger partial charge in [-0.15, -0.1) is 0 Å². The molecule has 0 aromatic rings. The van der Waals surface area contributed by atoms with Crippen molar-refractivity contribution < 1.29 is 79.7 Å². The molecular formula is C12H17NaO10. The van der Waals surface area contributed by atoms with Crippen LogP contribution in [0.1, 0.15) is 34.0 Å². The first-order valence-electron chi connectivity index (χ1n) is 6.17. The molecule has 0 aromatic carbocycles. The van der Waals surface area contributed by atoms with E-state index in [0.29, 0.717) is 0 Å². The van der Waals surface area contributed by atoms with Crippen LogP contribution < -0.4 is 29.6 Å². The molecule has 0 fully saturated rings. The molecule has 0 radical (unpaired) electrons. The predicted octanol–water partition coefficient (Wildman–Crippen LogP) is -3.80. The van der Waals surface area contributed by atoms with Gasteiger partial charge >= 0.3 is 59.4 Å². The predicted molar refractivity (Wildman–Crippen MR) is 67.5 cm³/mol. The van der Waals surface area contributed by atoms with E-state index < -0.39 is 61.1 Å². The van der Waals surface area contributed by atoms with E-state index in [-0.39, 0.29) is 37.6 Å². The van der Waals surface area contributed by atoms with Crippen molar-refractivity contribution in [2.75, 3.05) is 6.61 Å². The SMILES string of the molecule is CCOC(=O)CC(O)(CC(=O)OC(=O)CCC(=O)O)C(=O)O.[H-].[Na+]. The molecule has 11 heteroatoms. The van der Waals surface area contributed by atoms with Crippen LogP contribution in [0.5, 0.6) is 0 Å². The van der Waals surface area contributed by atoms with E-state index in [1.165, 1.54) is 6.92 Å². The molecule has 0 saturated heterocycles. The molecule has 126 valence electrons. The van der Waals surface area contributed by atoms with Gasteiger partial charge in [0.1, 0.15) is 0 Å². The standard InChI is InChI=1S/C12H16O10.Na.H/c1-2-21-9(16)5-12(20,11(18)19)6-10(17)22-8(15)4-3-7(13)14;;/h20H,2-6H2,1H3,(H,13,14)(H,18,19);;/q;+1;-1. The van der Waals surface area contributed by atoms with Gasteiger partial charge in [0.2, 0.25) is 0 Å². The van der Waals surface area contributed by atoms with Crippen molar-refractivity contribution in [2.24, 2.45) is 0 Å². The third kappa shape index (κ3) is 10.00. The average Bonchev–Trinajstić information content (AvgIpc) is 2.35. The summed E-state index contributed by atoms with van der Waals surface area (Å²) in [5, 5.41) is 27.0. The molecular weight excluding hydrogens is 327 g/mol. The van der Waals surface area contributed by atoms with E-state index in [2.05, 4.69) is 9.47 Å². The van der Waals surface area contributed by atoms with Crippen LogP contribution in [0.2, 0.25) is 0 Å². The van der Waals surface area contributed by atoms with Crippen molar-refractivity contribution >= 4 is 29.8 Å². The Bertz CT molecular complexity index is 480. The van der Waals surface area contributed by atoms with Crippen LogP contribution in [0.3, 0.4) is 0 Å². The van der Waals surface area contributed by atoms with Gasteiger partial charge in [0.05, 0.1) is 32.3 Å². The zero-order chi connectivity index (χ0) is 17.3. The fourth-order valence-corrected chi connectivity index (χ4v) is 1.33. The van der Waals surface area contributed by atoms with E-state index in [1.54, 1.807) is 0 Å². The summed E-state index contributed by atoms with van der Waals surface area (Å²) in [5.41, 5.74) is -2.78. The monoisotopic (exact) mass is 344 g/mol. The summed E-state index contributed by atoms with van der Waals surface area (Å²) < 4.78 is 8.64. The van der Waals surface area contributed by atoms with Crippen molar-refractivity contribution in [2.45, 2.75) is 38.2 Å². The molecule has 0 amide bonds. The fourth-order valence-electron chi connectivity index (χ4n) is 1.33. The molecule has 0 saturated carbocycles. The number of carboxylic acid groups (broad SMARTS) is 2. The molecule has 0 aliphatic carbocycles. The van der Waals surface area contributed by atoms with Crippen LogP contribution >= 0.6 is 0 Å². The minimum atomic E-state index is -2.78.